The van der Waals surface area contributed by atoms with Crippen LogP contribution in [0.3, 0.4) is 0 Å². The molecule has 4 amide bonds. The van der Waals surface area contributed by atoms with E-state index in [1.54, 1.807) is 30.2 Å². The maximum atomic E-state index is 14.8. The summed E-state index contributed by atoms with van der Waals surface area (Å²) in [6.07, 6.45) is 7.93. The number of rotatable bonds is 11. The van der Waals surface area contributed by atoms with Crippen LogP contribution in [0.25, 0.3) is 33.3 Å². The molecule has 15 nitrogen and oxygen atoms in total. The van der Waals surface area contributed by atoms with E-state index < -0.39 is 47.2 Å². The van der Waals surface area contributed by atoms with Crippen LogP contribution in [0.15, 0.2) is 66.9 Å². The third-order valence-electron chi connectivity index (χ3n) is 13.6. The number of ether oxygens (including phenoxy) is 1. The van der Waals surface area contributed by atoms with Gasteiger partial charge in [-0.25, -0.2) is 5.43 Å². The summed E-state index contributed by atoms with van der Waals surface area (Å²) in [5.74, 6) is -2.69. The van der Waals surface area contributed by atoms with Crippen molar-refractivity contribution in [2.75, 3.05) is 53.9 Å². The lowest BCUT2D eigenvalue weighted by Gasteiger charge is -2.37. The molecule has 364 valence electrons. The molecule has 6 bridgehead atoms. The minimum Gasteiger partial charge on any atom is -0.508 e. The zero-order chi connectivity index (χ0) is 49.0. The standard InChI is InChI=1S/C53H70N8O7/c1-10-42-39(15-12-21-54-42)48-41-30-53(5,6)32-68-52(67)43-16-13-23-61(56-43)51(66)44(27-34-25-37(28-38(62)26-34)35-18-19-45(40(41)29-35)60(48)11-2)55-49(64)47(33(3)4)58(9)50(65)36-20-24-59(31-36)46(63)17-14-22-57(7)8/h12,14-15,17-19,21,25-26,28-29,33,36,43-44,47,56,62H,10-11,13,16,20,22-24,27,30-32H2,1-9H3,(H,55,64)/b17-14+/t36-,43-,44-,47-/m0/s1. The number of carbonyl (C=O) groups excluding carboxylic acids is 5. The second kappa shape index (κ2) is 21.1. The van der Waals surface area contributed by atoms with E-state index in [1.165, 1.54) is 16.0 Å². The SMILES string of the molecule is CCc1ncccc1-c1c2c3cc(ccc3n1CC)-c1cc(O)cc(c1)C[C@H](NC(=O)[C@H](C(C)C)N(C)C(=O)[C@H]1CCN(C(=O)/C=C/CN(C)C)C1)C(=O)N1CCC[C@H](N1)C(=O)OCC(C)(C)C2. The number of aryl methyl sites for hydroxylation is 2. The van der Waals surface area contributed by atoms with E-state index >= 15 is 0 Å². The van der Waals surface area contributed by atoms with Crippen molar-refractivity contribution in [3.05, 3.63) is 83.7 Å². The molecule has 2 aromatic heterocycles. The number of phenols is 1. The Morgan fingerprint density at radius 2 is 1.81 bits per heavy atom. The van der Waals surface area contributed by atoms with Gasteiger partial charge in [0.25, 0.3) is 5.91 Å². The Kier molecular flexibility index (Phi) is 15.4. The van der Waals surface area contributed by atoms with E-state index in [4.69, 9.17) is 9.72 Å². The predicted octanol–water partition coefficient (Wildman–Crippen LogP) is 5.76. The van der Waals surface area contributed by atoms with Crippen LogP contribution in [-0.2, 0) is 54.5 Å². The van der Waals surface area contributed by atoms with Crippen molar-refractivity contribution in [3.8, 4) is 28.1 Å². The minimum atomic E-state index is -1.15. The fraction of sp³-hybridized carbons (Fsp3) is 0.509. The number of aromatic hydroxyl groups is 1. The summed E-state index contributed by atoms with van der Waals surface area (Å²) in [6.45, 7) is 14.5. The van der Waals surface area contributed by atoms with Crippen molar-refractivity contribution < 1.29 is 33.8 Å². The van der Waals surface area contributed by atoms with Gasteiger partial charge in [0.2, 0.25) is 17.7 Å². The Morgan fingerprint density at radius 1 is 1.03 bits per heavy atom. The highest BCUT2D eigenvalue weighted by atomic mass is 16.5. The second-order valence-corrected chi connectivity index (χ2v) is 20.1. The molecule has 7 rings (SSSR count). The van der Waals surface area contributed by atoms with E-state index in [-0.39, 0.29) is 49.6 Å². The fourth-order valence-electron chi connectivity index (χ4n) is 10.2. The lowest BCUT2D eigenvalue weighted by molar-refractivity contribution is -0.155. The summed E-state index contributed by atoms with van der Waals surface area (Å²) in [4.78, 5) is 80.1. The number of carbonyl (C=O) groups is 5. The predicted molar refractivity (Wildman–Crippen MR) is 263 cm³/mol. The summed E-state index contributed by atoms with van der Waals surface area (Å²) in [5.41, 5.74) is 10.1. The molecule has 3 aliphatic rings. The van der Waals surface area contributed by atoms with Crippen molar-refractivity contribution in [2.24, 2.45) is 17.3 Å². The molecular weight excluding hydrogens is 861 g/mol. The number of hydrogen-bond acceptors (Lipinski definition) is 10. The number of amides is 4. The molecule has 0 spiro atoms. The molecular formula is C53H70N8O7. The van der Waals surface area contributed by atoms with Gasteiger partial charge in [-0.15, -0.1) is 0 Å². The van der Waals surface area contributed by atoms with Gasteiger partial charge in [0.15, 0.2) is 0 Å². The van der Waals surface area contributed by atoms with Crippen LogP contribution in [-0.4, -0.2) is 136 Å². The Bertz CT molecular complexity index is 2560. The van der Waals surface area contributed by atoms with Crippen LogP contribution in [0, 0.1) is 17.3 Å². The van der Waals surface area contributed by atoms with Gasteiger partial charge >= 0.3 is 5.97 Å². The van der Waals surface area contributed by atoms with Crippen molar-refractivity contribution >= 4 is 40.5 Å². The maximum Gasteiger partial charge on any atom is 0.324 e. The highest BCUT2D eigenvalue weighted by molar-refractivity contribution is 5.96. The smallest absolute Gasteiger partial charge is 0.324 e. The average molecular weight is 931 g/mol. The number of fused-ring (bicyclic) bond motifs is 6. The molecule has 2 saturated heterocycles. The minimum absolute atomic E-state index is 0.00161. The van der Waals surface area contributed by atoms with Crippen molar-refractivity contribution in [2.45, 2.75) is 105 Å². The Hall–Kier alpha value is -6.06. The monoisotopic (exact) mass is 931 g/mol. The van der Waals surface area contributed by atoms with Crippen LogP contribution in [0.2, 0.25) is 0 Å². The van der Waals surface area contributed by atoms with Gasteiger partial charge in [0, 0.05) is 86.0 Å². The van der Waals surface area contributed by atoms with Crippen LogP contribution in [0.4, 0.5) is 0 Å². The first-order valence-corrected chi connectivity index (χ1v) is 24.2. The van der Waals surface area contributed by atoms with Crippen LogP contribution < -0.4 is 10.7 Å². The van der Waals surface area contributed by atoms with Gasteiger partial charge in [-0.3, -0.25) is 34.0 Å². The van der Waals surface area contributed by atoms with Gasteiger partial charge in [-0.1, -0.05) is 52.8 Å². The Morgan fingerprint density at radius 3 is 2.53 bits per heavy atom. The number of likely N-dealkylation sites (tertiary alicyclic amines) is 1. The lowest BCUT2D eigenvalue weighted by atomic mass is 9.84. The van der Waals surface area contributed by atoms with Crippen LogP contribution in [0.5, 0.6) is 5.75 Å². The average Bonchev–Trinajstić information content (AvgIpc) is 3.92. The first-order valence-electron chi connectivity index (χ1n) is 24.2. The first-order chi connectivity index (χ1) is 32.4. The number of nitrogens with one attached hydrogen (secondary N) is 2. The first kappa shape index (κ1) is 49.8. The molecule has 3 N–H and O–H groups in total. The highest BCUT2D eigenvalue weighted by Gasteiger charge is 2.40. The molecule has 0 saturated carbocycles. The van der Waals surface area contributed by atoms with Crippen molar-refractivity contribution in [1.82, 2.24) is 40.0 Å². The van der Waals surface area contributed by atoms with E-state index in [2.05, 4.69) is 61.2 Å². The summed E-state index contributed by atoms with van der Waals surface area (Å²) in [6, 6.07) is 12.7. The molecule has 0 radical (unpaired) electrons. The number of hydrazine groups is 1. The fourth-order valence-corrected chi connectivity index (χ4v) is 10.2. The molecule has 4 aromatic rings. The number of cyclic esters (lactones) is 1. The molecule has 3 aliphatic heterocycles. The van der Waals surface area contributed by atoms with Gasteiger partial charge in [0.1, 0.15) is 23.9 Å². The number of hydrogen-bond donors (Lipinski definition) is 3. The van der Waals surface area contributed by atoms with Gasteiger partial charge in [-0.2, -0.15) is 0 Å². The molecule has 2 fully saturated rings. The molecule has 0 unspecified atom stereocenters. The summed E-state index contributed by atoms with van der Waals surface area (Å²) >= 11 is 0. The molecule has 4 atom stereocenters. The van der Waals surface area contributed by atoms with E-state index in [0.717, 1.165) is 51.0 Å². The second-order valence-electron chi connectivity index (χ2n) is 20.1. The molecule has 0 aliphatic carbocycles. The van der Waals surface area contributed by atoms with E-state index in [0.29, 0.717) is 50.9 Å². The Labute approximate surface area is 400 Å². The van der Waals surface area contributed by atoms with Gasteiger partial charge in [-0.05, 0) is 118 Å². The normalized spacial score (nSPS) is 20.5. The molecule has 5 heterocycles. The quantitative estimate of drug-likeness (QED) is 0.124. The summed E-state index contributed by atoms with van der Waals surface area (Å²) < 4.78 is 8.44. The third kappa shape index (κ3) is 10.9. The number of aromatic nitrogens is 2. The van der Waals surface area contributed by atoms with Gasteiger partial charge in [0.05, 0.1) is 18.2 Å². The Balaban J connectivity index is 1.25. The number of likely N-dealkylation sites (N-methyl/N-ethyl adjacent to an activating group) is 2. The van der Waals surface area contributed by atoms with E-state index in [9.17, 15) is 29.1 Å². The molecule has 2 aromatic carbocycles. The number of nitrogens with zero attached hydrogens (tertiary/aromatic N) is 6. The summed E-state index contributed by atoms with van der Waals surface area (Å²) in [7, 11) is 5.44. The van der Waals surface area contributed by atoms with Crippen LogP contribution in [0.1, 0.15) is 77.6 Å². The maximum absolute atomic E-state index is 14.8. The number of benzene rings is 2. The zero-order valence-electron chi connectivity index (χ0n) is 41.3. The van der Waals surface area contributed by atoms with Crippen molar-refractivity contribution in [3.63, 3.8) is 0 Å². The third-order valence-corrected chi connectivity index (χ3v) is 13.6. The number of phenolic OH excluding ortho intramolecular Hbond substituents is 1. The lowest BCUT2D eigenvalue weighted by Crippen LogP contribution is -2.62. The largest absolute Gasteiger partial charge is 0.508 e. The van der Waals surface area contributed by atoms with Gasteiger partial charge < -0.3 is 34.4 Å². The topological polar surface area (TPSA) is 170 Å². The van der Waals surface area contributed by atoms with Crippen molar-refractivity contribution in [1.29, 1.82) is 0 Å². The highest BCUT2D eigenvalue weighted by Crippen LogP contribution is 2.41. The number of pyridine rings is 1. The summed E-state index contributed by atoms with van der Waals surface area (Å²) in [5, 5.41) is 16.8. The molecule has 68 heavy (non-hydrogen) atoms. The molecule has 15 heteroatoms. The number of esters is 1. The van der Waals surface area contributed by atoms with Crippen LogP contribution >= 0.6 is 0 Å². The van der Waals surface area contributed by atoms with E-state index in [1.807, 2.05) is 57.2 Å². The zero-order valence-corrected chi connectivity index (χ0v) is 41.3.